The van der Waals surface area contributed by atoms with Gasteiger partial charge in [-0.1, -0.05) is 30.3 Å². The summed E-state index contributed by atoms with van der Waals surface area (Å²) < 4.78 is 14.0. The van der Waals surface area contributed by atoms with Gasteiger partial charge in [0.1, 0.15) is 5.82 Å². The second-order valence-electron chi connectivity index (χ2n) is 6.50. The smallest absolute Gasteiger partial charge is 0.249 e. The first-order valence-corrected chi connectivity index (χ1v) is 8.97. The largest absolute Gasteiger partial charge is 0.366 e. The van der Waals surface area contributed by atoms with Gasteiger partial charge < -0.3 is 15.1 Å². The zero-order chi connectivity index (χ0) is 18.6. The minimum absolute atomic E-state index is 0.181. The number of para-hydroxylation sites is 2. The summed E-state index contributed by atoms with van der Waals surface area (Å²) in [5, 5.41) is 11.4. The summed E-state index contributed by atoms with van der Waals surface area (Å²) in [6.07, 6.45) is 1.67. The van der Waals surface area contributed by atoms with Crippen LogP contribution >= 0.6 is 0 Å². The van der Waals surface area contributed by atoms with Gasteiger partial charge in [0.2, 0.25) is 5.95 Å². The Balaban J connectivity index is 1.44. The fourth-order valence-electron chi connectivity index (χ4n) is 3.22. The van der Waals surface area contributed by atoms with E-state index >= 15 is 0 Å². The lowest BCUT2D eigenvalue weighted by molar-refractivity contribution is 0.595. The van der Waals surface area contributed by atoms with Crippen molar-refractivity contribution in [2.45, 2.75) is 6.92 Å². The number of halogens is 1. The molecule has 0 aliphatic carbocycles. The molecule has 0 saturated carbocycles. The van der Waals surface area contributed by atoms with E-state index in [4.69, 9.17) is 0 Å². The normalized spacial score (nSPS) is 14.3. The fraction of sp³-hybridized carbons (Fsp3) is 0.250. The maximum absolute atomic E-state index is 14.0. The van der Waals surface area contributed by atoms with Gasteiger partial charge in [-0.05, 0) is 30.7 Å². The number of nitrogens with one attached hydrogen (secondary N) is 1. The Morgan fingerprint density at radius 1 is 0.926 bits per heavy atom. The Bertz CT molecular complexity index is 924. The summed E-state index contributed by atoms with van der Waals surface area (Å²) in [4.78, 5) is 8.81. The summed E-state index contributed by atoms with van der Waals surface area (Å²) in [5.74, 6) is 1.06. The van der Waals surface area contributed by atoms with Crippen molar-refractivity contribution < 1.29 is 4.39 Å². The topological polar surface area (TPSA) is 57.2 Å². The van der Waals surface area contributed by atoms with Gasteiger partial charge in [-0.2, -0.15) is 10.1 Å². The van der Waals surface area contributed by atoms with Gasteiger partial charge in [0, 0.05) is 31.9 Å². The Kier molecular flexibility index (Phi) is 4.82. The number of aromatic nitrogens is 3. The Hall–Kier alpha value is -3.22. The monoisotopic (exact) mass is 364 g/mol. The number of anilines is 4. The molecular formula is C20H21FN6. The molecule has 0 atom stereocenters. The molecule has 138 valence electrons. The zero-order valence-corrected chi connectivity index (χ0v) is 15.1. The first-order chi connectivity index (χ1) is 13.2. The number of nitrogens with zero attached hydrogens (tertiary/aromatic N) is 5. The van der Waals surface area contributed by atoms with E-state index in [0.29, 0.717) is 11.6 Å². The van der Waals surface area contributed by atoms with Crippen LogP contribution in [0.15, 0.2) is 54.7 Å². The first-order valence-electron chi connectivity index (χ1n) is 8.97. The molecule has 3 aromatic rings. The van der Waals surface area contributed by atoms with Crippen LogP contribution in [0.5, 0.6) is 0 Å². The van der Waals surface area contributed by atoms with Crippen LogP contribution in [0.2, 0.25) is 0 Å². The number of aryl methyl sites for hydroxylation is 1. The zero-order valence-electron chi connectivity index (χ0n) is 15.1. The average molecular weight is 364 g/mol. The van der Waals surface area contributed by atoms with Crippen molar-refractivity contribution in [3.05, 3.63) is 66.1 Å². The van der Waals surface area contributed by atoms with E-state index in [0.717, 1.165) is 43.2 Å². The molecule has 27 heavy (non-hydrogen) atoms. The van der Waals surface area contributed by atoms with E-state index in [-0.39, 0.29) is 5.82 Å². The minimum atomic E-state index is -0.181. The Morgan fingerprint density at radius 3 is 2.41 bits per heavy atom. The van der Waals surface area contributed by atoms with E-state index in [9.17, 15) is 4.39 Å². The second-order valence-corrected chi connectivity index (χ2v) is 6.50. The van der Waals surface area contributed by atoms with Crippen molar-refractivity contribution in [3.63, 3.8) is 0 Å². The van der Waals surface area contributed by atoms with Crippen LogP contribution in [0.25, 0.3) is 0 Å². The molecule has 2 aromatic carbocycles. The van der Waals surface area contributed by atoms with Crippen molar-refractivity contribution in [2.75, 3.05) is 41.3 Å². The molecule has 0 spiro atoms. The first kappa shape index (κ1) is 17.2. The van der Waals surface area contributed by atoms with Crippen LogP contribution in [-0.2, 0) is 0 Å². The van der Waals surface area contributed by atoms with Crippen LogP contribution in [0, 0.1) is 12.7 Å². The van der Waals surface area contributed by atoms with Gasteiger partial charge in [0.15, 0.2) is 5.82 Å². The number of rotatable bonds is 4. The highest BCUT2D eigenvalue weighted by atomic mass is 19.1. The van der Waals surface area contributed by atoms with Gasteiger partial charge in [-0.25, -0.2) is 4.39 Å². The van der Waals surface area contributed by atoms with E-state index in [1.165, 1.54) is 6.07 Å². The van der Waals surface area contributed by atoms with E-state index < -0.39 is 0 Å². The third-order valence-corrected chi connectivity index (χ3v) is 4.73. The summed E-state index contributed by atoms with van der Waals surface area (Å²) >= 11 is 0. The summed E-state index contributed by atoms with van der Waals surface area (Å²) in [6.45, 7) is 4.98. The van der Waals surface area contributed by atoms with Crippen LogP contribution in [0.1, 0.15) is 5.56 Å². The summed E-state index contributed by atoms with van der Waals surface area (Å²) in [5.41, 5.74) is 2.73. The Labute approximate surface area is 157 Å². The predicted molar refractivity (Wildman–Crippen MR) is 105 cm³/mol. The second kappa shape index (κ2) is 7.57. The molecule has 7 heteroatoms. The molecule has 1 aliphatic rings. The highest BCUT2D eigenvalue weighted by Gasteiger charge is 2.20. The van der Waals surface area contributed by atoms with Crippen molar-refractivity contribution >= 4 is 23.1 Å². The van der Waals surface area contributed by atoms with Gasteiger partial charge in [-0.3, -0.25) is 0 Å². The summed E-state index contributed by atoms with van der Waals surface area (Å²) in [7, 11) is 0. The lowest BCUT2D eigenvalue weighted by Gasteiger charge is -2.36. The predicted octanol–water partition coefficient (Wildman–Crippen LogP) is 3.39. The van der Waals surface area contributed by atoms with Crippen molar-refractivity contribution in [1.82, 2.24) is 15.2 Å². The maximum atomic E-state index is 14.0. The molecule has 0 bridgehead atoms. The lowest BCUT2D eigenvalue weighted by Crippen LogP contribution is -2.47. The van der Waals surface area contributed by atoms with Gasteiger partial charge >= 0.3 is 0 Å². The van der Waals surface area contributed by atoms with Gasteiger partial charge in [-0.15, -0.1) is 5.10 Å². The molecule has 4 rings (SSSR count). The molecule has 1 aromatic heterocycles. The summed E-state index contributed by atoms with van der Waals surface area (Å²) in [6, 6.07) is 14.9. The van der Waals surface area contributed by atoms with Crippen LogP contribution in [-0.4, -0.2) is 41.4 Å². The maximum Gasteiger partial charge on any atom is 0.249 e. The van der Waals surface area contributed by atoms with Crippen LogP contribution in [0.4, 0.5) is 27.5 Å². The molecular weight excluding hydrogens is 343 g/mol. The minimum Gasteiger partial charge on any atom is -0.366 e. The fourth-order valence-corrected chi connectivity index (χ4v) is 3.22. The van der Waals surface area contributed by atoms with Crippen molar-refractivity contribution in [2.24, 2.45) is 0 Å². The number of hydrogen-bond donors (Lipinski definition) is 1. The third kappa shape index (κ3) is 3.81. The molecule has 0 radical (unpaired) electrons. The molecule has 1 aliphatic heterocycles. The van der Waals surface area contributed by atoms with E-state index in [1.807, 2.05) is 43.3 Å². The molecule has 1 N–H and O–H groups in total. The molecule has 1 fully saturated rings. The highest BCUT2D eigenvalue weighted by molar-refractivity contribution is 5.58. The third-order valence-electron chi connectivity index (χ3n) is 4.73. The highest BCUT2D eigenvalue weighted by Crippen LogP contribution is 2.23. The molecule has 6 nitrogen and oxygen atoms in total. The van der Waals surface area contributed by atoms with Crippen LogP contribution in [0.3, 0.4) is 0 Å². The standard InChI is InChI=1S/C20H21FN6/c1-15-6-2-4-8-17(15)23-20-24-19(14-22-25-20)27-12-10-26(11-13-27)18-9-5-3-7-16(18)21/h2-9,14H,10-13H2,1H3,(H,23,24,25). The van der Waals surface area contributed by atoms with E-state index in [1.54, 1.807) is 12.3 Å². The van der Waals surface area contributed by atoms with Gasteiger partial charge in [0.05, 0.1) is 11.9 Å². The Morgan fingerprint density at radius 2 is 1.63 bits per heavy atom. The van der Waals surface area contributed by atoms with Crippen LogP contribution < -0.4 is 15.1 Å². The molecule has 0 unspecified atom stereocenters. The lowest BCUT2D eigenvalue weighted by atomic mass is 10.2. The number of benzene rings is 2. The molecule has 2 heterocycles. The number of hydrogen-bond acceptors (Lipinski definition) is 6. The molecule has 0 amide bonds. The van der Waals surface area contributed by atoms with E-state index in [2.05, 4.69) is 30.3 Å². The van der Waals surface area contributed by atoms with Crippen molar-refractivity contribution in [3.8, 4) is 0 Å². The number of piperazine rings is 1. The van der Waals surface area contributed by atoms with Crippen molar-refractivity contribution in [1.29, 1.82) is 0 Å². The average Bonchev–Trinajstić information content (AvgIpc) is 2.71. The SMILES string of the molecule is Cc1ccccc1Nc1nncc(N2CCN(c3ccccc3F)CC2)n1. The quantitative estimate of drug-likeness (QED) is 0.766. The molecule has 1 saturated heterocycles. The van der Waals surface area contributed by atoms with Gasteiger partial charge in [0.25, 0.3) is 0 Å².